The maximum absolute atomic E-state index is 12.4. The molecule has 1 aliphatic rings. The SMILES string of the molecule is CC(C)(C)c1ccc(OCC(=O)N2CCN(C(=O)c3cccs3)CC2)cc1. The van der Waals surface area contributed by atoms with Crippen LogP contribution in [0.5, 0.6) is 5.75 Å². The Balaban J connectivity index is 1.46. The topological polar surface area (TPSA) is 49.9 Å². The lowest BCUT2D eigenvalue weighted by atomic mass is 9.87. The molecule has 2 amide bonds. The van der Waals surface area contributed by atoms with Gasteiger partial charge in [-0.1, -0.05) is 39.0 Å². The number of amides is 2. The molecule has 1 aromatic heterocycles. The van der Waals surface area contributed by atoms with E-state index in [0.717, 1.165) is 4.88 Å². The van der Waals surface area contributed by atoms with Gasteiger partial charge in [-0.25, -0.2) is 0 Å². The van der Waals surface area contributed by atoms with Gasteiger partial charge in [-0.3, -0.25) is 9.59 Å². The van der Waals surface area contributed by atoms with Gasteiger partial charge in [0.05, 0.1) is 4.88 Å². The first kappa shape index (κ1) is 19.4. The second kappa shape index (κ2) is 8.13. The van der Waals surface area contributed by atoms with Gasteiger partial charge < -0.3 is 14.5 Å². The Labute approximate surface area is 164 Å². The van der Waals surface area contributed by atoms with E-state index in [4.69, 9.17) is 4.74 Å². The molecule has 2 heterocycles. The van der Waals surface area contributed by atoms with Crippen LogP contribution in [0.4, 0.5) is 0 Å². The largest absolute Gasteiger partial charge is 0.484 e. The van der Waals surface area contributed by atoms with Crippen molar-refractivity contribution < 1.29 is 14.3 Å². The molecule has 6 heteroatoms. The molecule has 0 N–H and O–H groups in total. The minimum absolute atomic E-state index is 0.0216. The number of hydrogen-bond acceptors (Lipinski definition) is 4. The van der Waals surface area contributed by atoms with E-state index in [1.165, 1.54) is 16.9 Å². The van der Waals surface area contributed by atoms with E-state index in [1.807, 2.05) is 46.7 Å². The Kier molecular flexibility index (Phi) is 5.85. The number of piperazine rings is 1. The zero-order chi connectivity index (χ0) is 19.4. The maximum atomic E-state index is 12.4. The van der Waals surface area contributed by atoms with Gasteiger partial charge in [-0.05, 0) is 34.6 Å². The predicted octanol–water partition coefficient (Wildman–Crippen LogP) is 3.41. The minimum atomic E-state index is -0.0434. The van der Waals surface area contributed by atoms with Crippen LogP contribution >= 0.6 is 11.3 Å². The van der Waals surface area contributed by atoms with Gasteiger partial charge in [0.2, 0.25) is 0 Å². The number of rotatable bonds is 4. The molecular weight excluding hydrogens is 360 g/mol. The molecule has 1 aliphatic heterocycles. The molecule has 2 aromatic rings. The molecule has 0 radical (unpaired) electrons. The van der Waals surface area contributed by atoms with E-state index < -0.39 is 0 Å². The summed E-state index contributed by atoms with van der Waals surface area (Å²) in [6.07, 6.45) is 0. The van der Waals surface area contributed by atoms with E-state index in [9.17, 15) is 9.59 Å². The fourth-order valence-corrected chi connectivity index (χ4v) is 3.69. The Morgan fingerprint density at radius 3 is 2.19 bits per heavy atom. The molecule has 1 aromatic carbocycles. The third-order valence-corrected chi connectivity index (χ3v) is 5.59. The van der Waals surface area contributed by atoms with Gasteiger partial charge in [0.15, 0.2) is 6.61 Å². The lowest BCUT2D eigenvalue weighted by Crippen LogP contribution is -2.51. The van der Waals surface area contributed by atoms with Crippen LogP contribution in [0.1, 0.15) is 36.0 Å². The van der Waals surface area contributed by atoms with E-state index in [0.29, 0.717) is 31.9 Å². The molecule has 3 rings (SSSR count). The number of carbonyl (C=O) groups is 2. The van der Waals surface area contributed by atoms with E-state index in [2.05, 4.69) is 20.8 Å². The summed E-state index contributed by atoms with van der Waals surface area (Å²) in [5.41, 5.74) is 1.32. The van der Waals surface area contributed by atoms with Crippen molar-refractivity contribution in [2.45, 2.75) is 26.2 Å². The van der Waals surface area contributed by atoms with Gasteiger partial charge in [0.25, 0.3) is 11.8 Å². The number of carbonyl (C=O) groups excluding carboxylic acids is 2. The summed E-state index contributed by atoms with van der Waals surface area (Å²) in [5, 5.41) is 1.90. The normalized spacial score (nSPS) is 14.9. The molecule has 5 nitrogen and oxygen atoms in total. The van der Waals surface area contributed by atoms with Crippen molar-refractivity contribution in [3.8, 4) is 5.75 Å². The number of nitrogens with zero attached hydrogens (tertiary/aromatic N) is 2. The number of hydrogen-bond donors (Lipinski definition) is 0. The first-order chi connectivity index (χ1) is 12.8. The van der Waals surface area contributed by atoms with Crippen LogP contribution in [0, 0.1) is 0 Å². The fraction of sp³-hybridized carbons (Fsp3) is 0.429. The second-order valence-electron chi connectivity index (χ2n) is 7.71. The van der Waals surface area contributed by atoms with Crippen LogP contribution in [-0.4, -0.2) is 54.4 Å². The molecule has 0 aliphatic carbocycles. The van der Waals surface area contributed by atoms with Gasteiger partial charge in [0.1, 0.15) is 5.75 Å². The summed E-state index contributed by atoms with van der Waals surface area (Å²) in [5.74, 6) is 0.702. The fourth-order valence-electron chi connectivity index (χ4n) is 3.00. The first-order valence-electron chi connectivity index (χ1n) is 9.18. The van der Waals surface area contributed by atoms with Crippen molar-refractivity contribution in [1.29, 1.82) is 0 Å². The molecular formula is C21H26N2O3S. The van der Waals surface area contributed by atoms with E-state index in [-0.39, 0.29) is 23.8 Å². The highest BCUT2D eigenvalue weighted by Crippen LogP contribution is 2.24. The Bertz CT molecular complexity index is 771. The average molecular weight is 387 g/mol. The molecule has 0 atom stereocenters. The Morgan fingerprint density at radius 1 is 1.00 bits per heavy atom. The zero-order valence-corrected chi connectivity index (χ0v) is 16.9. The zero-order valence-electron chi connectivity index (χ0n) is 16.1. The van der Waals surface area contributed by atoms with Crippen LogP contribution in [0.25, 0.3) is 0 Å². The average Bonchev–Trinajstić information content (AvgIpc) is 3.20. The number of thiophene rings is 1. The van der Waals surface area contributed by atoms with Crippen LogP contribution < -0.4 is 4.74 Å². The molecule has 0 unspecified atom stereocenters. The third-order valence-electron chi connectivity index (χ3n) is 4.73. The van der Waals surface area contributed by atoms with Gasteiger partial charge in [-0.15, -0.1) is 11.3 Å². The summed E-state index contributed by atoms with van der Waals surface area (Å²) >= 11 is 1.45. The van der Waals surface area contributed by atoms with Crippen LogP contribution in [0.3, 0.4) is 0 Å². The first-order valence-corrected chi connectivity index (χ1v) is 10.1. The van der Waals surface area contributed by atoms with E-state index in [1.54, 1.807) is 4.90 Å². The quantitative estimate of drug-likeness (QED) is 0.809. The molecule has 0 saturated carbocycles. The lowest BCUT2D eigenvalue weighted by Gasteiger charge is -2.34. The smallest absolute Gasteiger partial charge is 0.264 e. The molecule has 0 spiro atoms. The highest BCUT2D eigenvalue weighted by Gasteiger charge is 2.25. The third kappa shape index (κ3) is 4.89. The Morgan fingerprint density at radius 2 is 1.63 bits per heavy atom. The highest BCUT2D eigenvalue weighted by atomic mass is 32.1. The molecule has 27 heavy (non-hydrogen) atoms. The molecule has 144 valence electrons. The van der Waals surface area contributed by atoms with Crippen molar-refractivity contribution in [3.05, 3.63) is 52.2 Å². The Hall–Kier alpha value is -2.34. The summed E-state index contributed by atoms with van der Waals surface area (Å²) in [7, 11) is 0. The van der Waals surface area contributed by atoms with Crippen molar-refractivity contribution in [2.24, 2.45) is 0 Å². The summed E-state index contributed by atoms with van der Waals surface area (Å²) in [6, 6.07) is 11.6. The summed E-state index contributed by atoms with van der Waals surface area (Å²) < 4.78 is 5.65. The van der Waals surface area contributed by atoms with Crippen molar-refractivity contribution in [2.75, 3.05) is 32.8 Å². The molecule has 1 saturated heterocycles. The van der Waals surface area contributed by atoms with Gasteiger partial charge >= 0.3 is 0 Å². The van der Waals surface area contributed by atoms with Crippen LogP contribution in [0.15, 0.2) is 41.8 Å². The second-order valence-corrected chi connectivity index (χ2v) is 8.66. The van der Waals surface area contributed by atoms with E-state index >= 15 is 0 Å². The highest BCUT2D eigenvalue weighted by molar-refractivity contribution is 7.12. The maximum Gasteiger partial charge on any atom is 0.264 e. The standard InChI is InChI=1S/C21H26N2O3S/c1-21(2,3)16-6-8-17(9-7-16)26-15-19(24)22-10-12-23(13-11-22)20(25)18-5-4-14-27-18/h4-9,14H,10-13,15H2,1-3H3. The lowest BCUT2D eigenvalue weighted by molar-refractivity contribution is -0.134. The van der Waals surface area contributed by atoms with Gasteiger partial charge in [-0.2, -0.15) is 0 Å². The minimum Gasteiger partial charge on any atom is -0.484 e. The molecule has 0 bridgehead atoms. The number of benzene rings is 1. The van der Waals surface area contributed by atoms with Crippen molar-refractivity contribution in [1.82, 2.24) is 9.80 Å². The summed E-state index contributed by atoms with van der Waals surface area (Å²) in [4.78, 5) is 29.1. The van der Waals surface area contributed by atoms with Crippen molar-refractivity contribution in [3.63, 3.8) is 0 Å². The van der Waals surface area contributed by atoms with Gasteiger partial charge in [0, 0.05) is 26.2 Å². The van der Waals surface area contributed by atoms with Crippen LogP contribution in [-0.2, 0) is 10.2 Å². The predicted molar refractivity (Wildman–Crippen MR) is 107 cm³/mol. The van der Waals surface area contributed by atoms with Crippen molar-refractivity contribution >= 4 is 23.2 Å². The molecule has 1 fully saturated rings. The monoisotopic (exact) mass is 386 g/mol. The number of ether oxygens (including phenoxy) is 1. The summed E-state index contributed by atoms with van der Waals surface area (Å²) in [6.45, 7) is 8.71. The van der Waals surface area contributed by atoms with Crippen LogP contribution in [0.2, 0.25) is 0 Å².